The Hall–Kier alpha value is -4.97. The smallest absolute Gasteiger partial charge is 0.256 e. The summed E-state index contributed by atoms with van der Waals surface area (Å²) < 4.78 is 1.71. The van der Waals surface area contributed by atoms with E-state index in [0.717, 1.165) is 16.5 Å². The van der Waals surface area contributed by atoms with Gasteiger partial charge < -0.3 is 15.6 Å². The van der Waals surface area contributed by atoms with Gasteiger partial charge in [0.25, 0.3) is 5.91 Å². The lowest BCUT2D eigenvalue weighted by atomic mass is 10.1. The summed E-state index contributed by atoms with van der Waals surface area (Å²) in [6.45, 7) is 11.4. The van der Waals surface area contributed by atoms with Crippen LogP contribution in [0.1, 0.15) is 0 Å². The molecule has 3 N–H and O–H groups in total. The predicted molar refractivity (Wildman–Crippen MR) is 132 cm³/mol. The summed E-state index contributed by atoms with van der Waals surface area (Å²) in [5, 5.41) is 6.54. The first kappa shape index (κ1) is 20.9. The molecule has 3 aromatic heterocycles. The molecule has 0 spiro atoms. The van der Waals surface area contributed by atoms with E-state index in [0.29, 0.717) is 34.8 Å². The Morgan fingerprint density at radius 2 is 2.00 bits per heavy atom. The van der Waals surface area contributed by atoms with Gasteiger partial charge in [0.15, 0.2) is 5.65 Å². The van der Waals surface area contributed by atoms with E-state index in [4.69, 9.17) is 17.4 Å². The van der Waals surface area contributed by atoms with E-state index in [1.54, 1.807) is 4.68 Å². The van der Waals surface area contributed by atoms with Gasteiger partial charge in [-0.1, -0.05) is 36.9 Å². The molecule has 9 heteroatoms. The zero-order chi connectivity index (χ0) is 23.7. The van der Waals surface area contributed by atoms with Crippen LogP contribution in [0.25, 0.3) is 38.0 Å². The first-order chi connectivity index (χ1) is 16.6. The van der Waals surface area contributed by atoms with E-state index in [1.165, 1.54) is 11.2 Å². The van der Waals surface area contributed by atoms with Gasteiger partial charge in [-0.15, -0.1) is 0 Å². The SMILES string of the molecule is [C-]#[N+]C(=C)C(=O)N(CCn1nc(-c2ccc3cc[nH]c3c2)c2c(N)ncnc21)c1ccccc1. The van der Waals surface area contributed by atoms with Crippen molar-refractivity contribution in [2.75, 3.05) is 17.2 Å². The van der Waals surface area contributed by atoms with Crippen molar-refractivity contribution >= 4 is 39.3 Å². The number of hydrogen-bond acceptors (Lipinski definition) is 5. The van der Waals surface area contributed by atoms with Crippen molar-refractivity contribution in [3.05, 3.63) is 90.8 Å². The van der Waals surface area contributed by atoms with Crippen molar-refractivity contribution in [1.29, 1.82) is 0 Å². The molecule has 166 valence electrons. The molecule has 5 rings (SSSR count). The second-order valence-electron chi connectivity index (χ2n) is 7.66. The van der Waals surface area contributed by atoms with E-state index in [1.807, 2.05) is 60.8 Å². The zero-order valence-electron chi connectivity index (χ0n) is 18.1. The predicted octanol–water partition coefficient (Wildman–Crippen LogP) is 4.02. The maximum atomic E-state index is 12.9. The van der Waals surface area contributed by atoms with Gasteiger partial charge in [-0.25, -0.2) is 19.5 Å². The van der Waals surface area contributed by atoms with Crippen molar-refractivity contribution in [3.63, 3.8) is 0 Å². The molecule has 0 aliphatic rings. The maximum Gasteiger partial charge on any atom is 0.256 e. The lowest BCUT2D eigenvalue weighted by Crippen LogP contribution is -2.34. The van der Waals surface area contributed by atoms with Gasteiger partial charge in [-0.2, -0.15) is 5.10 Å². The maximum absolute atomic E-state index is 12.9. The molecule has 0 atom stereocenters. The molecule has 0 aliphatic carbocycles. The minimum atomic E-state index is -0.454. The van der Waals surface area contributed by atoms with E-state index in [9.17, 15) is 4.79 Å². The van der Waals surface area contributed by atoms with Crippen LogP contribution in [0.2, 0.25) is 0 Å². The molecule has 2 aromatic carbocycles. The first-order valence-corrected chi connectivity index (χ1v) is 10.5. The molecule has 1 amide bonds. The highest BCUT2D eigenvalue weighted by atomic mass is 16.2. The number of aromatic amines is 1. The molecular weight excluding hydrogens is 428 g/mol. The molecule has 0 unspecified atom stereocenters. The number of H-pyrrole nitrogens is 1. The van der Waals surface area contributed by atoms with Gasteiger partial charge >= 0.3 is 0 Å². The minimum Gasteiger partial charge on any atom is -0.383 e. The largest absolute Gasteiger partial charge is 0.383 e. The molecule has 0 radical (unpaired) electrons. The summed E-state index contributed by atoms with van der Waals surface area (Å²) in [4.78, 5) is 29.4. The van der Waals surface area contributed by atoms with Crippen LogP contribution in [0.5, 0.6) is 0 Å². The Kier molecular flexibility index (Phi) is 5.24. The van der Waals surface area contributed by atoms with Crippen LogP contribution in [0, 0.1) is 6.57 Å². The summed E-state index contributed by atoms with van der Waals surface area (Å²) in [6.07, 6.45) is 3.28. The van der Waals surface area contributed by atoms with Gasteiger partial charge in [0.1, 0.15) is 17.8 Å². The fourth-order valence-corrected chi connectivity index (χ4v) is 3.94. The number of rotatable bonds is 6. The standard InChI is InChI=1S/C25H20N8O/c1-16(27-2)25(34)32(19-6-4-3-5-7-19)12-13-33-24-21(23(26)29-15-30-24)22(31-33)18-9-8-17-10-11-28-20(17)14-18/h3-11,14-15,28H,1,12-13H2,(H2,26,29,30). The van der Waals surface area contributed by atoms with Crippen LogP contribution < -0.4 is 10.6 Å². The molecule has 0 aliphatic heterocycles. The number of para-hydroxylation sites is 1. The molecule has 0 fully saturated rings. The number of carbonyl (C=O) groups is 1. The van der Waals surface area contributed by atoms with Crippen LogP contribution in [0.3, 0.4) is 0 Å². The number of fused-ring (bicyclic) bond motifs is 2. The topological polar surface area (TPSA) is 110 Å². The molecule has 0 bridgehead atoms. The molecule has 34 heavy (non-hydrogen) atoms. The summed E-state index contributed by atoms with van der Waals surface area (Å²) in [7, 11) is 0. The first-order valence-electron chi connectivity index (χ1n) is 10.5. The minimum absolute atomic E-state index is 0.152. The Morgan fingerprint density at radius 3 is 2.79 bits per heavy atom. The van der Waals surface area contributed by atoms with Crippen LogP contribution in [-0.4, -0.2) is 37.2 Å². The van der Waals surface area contributed by atoms with E-state index < -0.39 is 5.91 Å². The molecule has 3 heterocycles. The second kappa shape index (κ2) is 8.52. The number of benzene rings is 2. The average Bonchev–Trinajstić information content (AvgIpc) is 3.49. The number of nitrogens with two attached hydrogens (primary N) is 1. The number of anilines is 2. The third-order valence-corrected chi connectivity index (χ3v) is 5.62. The fraction of sp³-hybridized carbons (Fsp3) is 0.0800. The number of nitrogens with zero attached hydrogens (tertiary/aromatic N) is 6. The molecule has 5 aromatic rings. The summed E-state index contributed by atoms with van der Waals surface area (Å²) in [6, 6.07) is 17.2. The van der Waals surface area contributed by atoms with E-state index >= 15 is 0 Å². The number of carbonyl (C=O) groups excluding carboxylic acids is 1. The van der Waals surface area contributed by atoms with Crippen LogP contribution in [0.4, 0.5) is 11.5 Å². The van der Waals surface area contributed by atoms with E-state index in [2.05, 4.69) is 26.4 Å². The number of aromatic nitrogens is 5. The molecule has 0 saturated heterocycles. The highest BCUT2D eigenvalue weighted by Gasteiger charge is 2.21. The summed E-state index contributed by atoms with van der Waals surface area (Å²) in [5.74, 6) is -0.126. The average molecular weight is 448 g/mol. The summed E-state index contributed by atoms with van der Waals surface area (Å²) in [5.41, 5.74) is 9.83. The van der Waals surface area contributed by atoms with Crippen LogP contribution in [-0.2, 0) is 11.3 Å². The third-order valence-electron chi connectivity index (χ3n) is 5.62. The number of nitrogens with one attached hydrogen (secondary N) is 1. The normalized spacial score (nSPS) is 10.9. The monoisotopic (exact) mass is 448 g/mol. The summed E-state index contributed by atoms with van der Waals surface area (Å²) >= 11 is 0. The molecule has 9 nitrogen and oxygen atoms in total. The highest BCUT2D eigenvalue weighted by molar-refractivity contribution is 6.06. The van der Waals surface area contributed by atoms with Crippen LogP contribution >= 0.6 is 0 Å². The van der Waals surface area contributed by atoms with Gasteiger partial charge in [0, 0.05) is 29.5 Å². The number of hydrogen-bond donors (Lipinski definition) is 2. The Bertz CT molecular complexity index is 1580. The quantitative estimate of drug-likeness (QED) is 0.301. The Labute approximate surface area is 195 Å². The zero-order valence-corrected chi connectivity index (χ0v) is 18.1. The van der Waals surface area contributed by atoms with Crippen LogP contribution in [0.15, 0.2) is 79.4 Å². The van der Waals surface area contributed by atoms with Crippen molar-refractivity contribution in [3.8, 4) is 11.3 Å². The van der Waals surface area contributed by atoms with Crippen molar-refractivity contribution in [2.24, 2.45) is 0 Å². The molecule has 0 saturated carbocycles. The number of nitrogen functional groups attached to an aromatic ring is 1. The van der Waals surface area contributed by atoms with Crippen molar-refractivity contribution in [2.45, 2.75) is 6.54 Å². The lowest BCUT2D eigenvalue weighted by molar-refractivity contribution is -0.114. The Balaban J connectivity index is 1.55. The van der Waals surface area contributed by atoms with Crippen molar-refractivity contribution in [1.82, 2.24) is 24.7 Å². The van der Waals surface area contributed by atoms with Gasteiger partial charge in [-0.05, 0) is 29.7 Å². The molecular formula is C25H20N8O. The highest BCUT2D eigenvalue weighted by Crippen LogP contribution is 2.31. The fourth-order valence-electron chi connectivity index (χ4n) is 3.94. The second-order valence-corrected chi connectivity index (χ2v) is 7.66. The van der Waals surface area contributed by atoms with Gasteiger partial charge in [0.2, 0.25) is 5.70 Å². The Morgan fingerprint density at radius 1 is 1.18 bits per heavy atom. The van der Waals surface area contributed by atoms with Gasteiger partial charge in [0.05, 0.1) is 18.5 Å². The van der Waals surface area contributed by atoms with Crippen molar-refractivity contribution < 1.29 is 4.79 Å². The third kappa shape index (κ3) is 3.63. The van der Waals surface area contributed by atoms with Gasteiger partial charge in [-0.3, -0.25) is 4.79 Å². The lowest BCUT2D eigenvalue weighted by Gasteiger charge is -2.22. The number of amides is 1. The van der Waals surface area contributed by atoms with E-state index in [-0.39, 0.29) is 12.2 Å².